The van der Waals surface area contributed by atoms with E-state index in [2.05, 4.69) is 0 Å². The molecule has 146 valence electrons. The van der Waals surface area contributed by atoms with E-state index < -0.39 is 10.0 Å². The summed E-state index contributed by atoms with van der Waals surface area (Å²) in [4.78, 5) is 14.8. The molecular formula is C20H20N2O5S. The van der Waals surface area contributed by atoms with Crippen LogP contribution in [0, 0.1) is 0 Å². The molecule has 2 aromatic heterocycles. The maximum absolute atomic E-state index is 13.2. The molecule has 3 heterocycles. The molecule has 4 rings (SSSR count). The normalized spacial score (nSPS) is 13.5. The molecule has 0 saturated carbocycles. The van der Waals surface area contributed by atoms with Gasteiger partial charge in [0.15, 0.2) is 0 Å². The molecule has 0 spiro atoms. The maximum Gasteiger partial charge on any atom is 0.254 e. The second kappa shape index (κ2) is 7.20. The van der Waals surface area contributed by atoms with Gasteiger partial charge < -0.3 is 13.7 Å². The summed E-state index contributed by atoms with van der Waals surface area (Å²) in [5, 5.41) is 0. The number of nitrogens with zero attached hydrogens (tertiary/aromatic N) is 2. The molecule has 0 bridgehead atoms. The summed E-state index contributed by atoms with van der Waals surface area (Å²) < 4.78 is 36.0. The van der Waals surface area contributed by atoms with E-state index >= 15 is 0 Å². The van der Waals surface area contributed by atoms with Crippen molar-refractivity contribution in [1.82, 2.24) is 4.90 Å². The first-order valence-electron chi connectivity index (χ1n) is 8.86. The van der Waals surface area contributed by atoms with E-state index in [1.165, 1.54) is 10.6 Å². The van der Waals surface area contributed by atoms with Crippen molar-refractivity contribution < 1.29 is 22.0 Å². The molecule has 28 heavy (non-hydrogen) atoms. The van der Waals surface area contributed by atoms with Crippen LogP contribution in [0.5, 0.6) is 0 Å². The molecule has 7 nitrogen and oxygen atoms in total. The molecule has 1 aromatic carbocycles. The van der Waals surface area contributed by atoms with Crippen LogP contribution < -0.4 is 4.31 Å². The fraction of sp³-hybridized carbons (Fsp3) is 0.250. The number of rotatable bonds is 6. The highest BCUT2D eigenvalue weighted by Gasteiger charge is 2.28. The highest BCUT2D eigenvalue weighted by molar-refractivity contribution is 7.92. The number of sulfonamides is 1. The van der Waals surface area contributed by atoms with Gasteiger partial charge in [-0.2, -0.15) is 0 Å². The summed E-state index contributed by atoms with van der Waals surface area (Å²) in [5.41, 5.74) is 2.00. The minimum Gasteiger partial charge on any atom is -0.467 e. The minimum absolute atomic E-state index is 0.173. The summed E-state index contributed by atoms with van der Waals surface area (Å²) >= 11 is 0. The lowest BCUT2D eigenvalue weighted by Crippen LogP contribution is -2.30. The van der Waals surface area contributed by atoms with Crippen LogP contribution in [0.3, 0.4) is 0 Å². The molecule has 0 N–H and O–H groups in total. The quantitative estimate of drug-likeness (QED) is 0.635. The van der Waals surface area contributed by atoms with Crippen molar-refractivity contribution in [2.24, 2.45) is 0 Å². The van der Waals surface area contributed by atoms with Crippen LogP contribution in [-0.4, -0.2) is 32.0 Å². The zero-order valence-electron chi connectivity index (χ0n) is 15.4. The second-order valence-electron chi connectivity index (χ2n) is 6.75. The Morgan fingerprint density at radius 1 is 1.07 bits per heavy atom. The summed E-state index contributed by atoms with van der Waals surface area (Å²) in [7, 11) is -3.32. The van der Waals surface area contributed by atoms with E-state index in [9.17, 15) is 13.2 Å². The molecule has 0 radical (unpaired) electrons. The van der Waals surface area contributed by atoms with Crippen molar-refractivity contribution in [2.45, 2.75) is 19.5 Å². The molecule has 0 saturated heterocycles. The lowest BCUT2D eigenvalue weighted by atomic mass is 10.1. The zero-order valence-corrected chi connectivity index (χ0v) is 16.2. The first-order chi connectivity index (χ1) is 13.4. The van der Waals surface area contributed by atoms with E-state index in [0.717, 1.165) is 5.56 Å². The van der Waals surface area contributed by atoms with Gasteiger partial charge in [0.05, 0.1) is 37.6 Å². The molecule has 1 aliphatic rings. The van der Waals surface area contributed by atoms with Crippen molar-refractivity contribution in [3.8, 4) is 0 Å². The Morgan fingerprint density at radius 3 is 2.25 bits per heavy atom. The van der Waals surface area contributed by atoms with Crippen LogP contribution in [0.15, 0.2) is 63.8 Å². The number of furan rings is 2. The van der Waals surface area contributed by atoms with Crippen molar-refractivity contribution in [2.75, 3.05) is 17.1 Å². The topological polar surface area (TPSA) is 84.0 Å². The summed E-state index contributed by atoms with van der Waals surface area (Å²) in [6.07, 6.45) is 4.91. The predicted octanol–water partition coefficient (Wildman–Crippen LogP) is 3.04. The van der Waals surface area contributed by atoms with Gasteiger partial charge in [-0.25, -0.2) is 8.42 Å². The van der Waals surface area contributed by atoms with Gasteiger partial charge in [0.25, 0.3) is 5.91 Å². The molecule has 1 amide bonds. The minimum atomic E-state index is -3.32. The van der Waals surface area contributed by atoms with E-state index in [1.54, 1.807) is 47.8 Å². The van der Waals surface area contributed by atoms with Crippen LogP contribution in [-0.2, 0) is 29.5 Å². The SMILES string of the molecule is CS(=O)(=O)N1CCc2cc(C(=O)N(Cc3ccco3)Cc3ccco3)ccc21. The number of amides is 1. The molecule has 0 unspecified atom stereocenters. The molecule has 0 atom stereocenters. The van der Waals surface area contributed by atoms with Crippen LogP contribution in [0.4, 0.5) is 5.69 Å². The first kappa shape index (κ1) is 18.4. The van der Waals surface area contributed by atoms with Crippen LogP contribution in [0.2, 0.25) is 0 Å². The van der Waals surface area contributed by atoms with Crippen molar-refractivity contribution >= 4 is 21.6 Å². The van der Waals surface area contributed by atoms with Gasteiger partial charge in [-0.15, -0.1) is 0 Å². The number of benzene rings is 1. The van der Waals surface area contributed by atoms with Gasteiger partial charge in [-0.1, -0.05) is 0 Å². The lowest BCUT2D eigenvalue weighted by Gasteiger charge is -2.21. The number of hydrogen-bond donors (Lipinski definition) is 0. The first-order valence-corrected chi connectivity index (χ1v) is 10.7. The van der Waals surface area contributed by atoms with Gasteiger partial charge in [-0.05, 0) is 54.4 Å². The Labute approximate surface area is 163 Å². The third-order valence-electron chi connectivity index (χ3n) is 4.72. The number of fused-ring (bicyclic) bond motifs is 1. The Balaban J connectivity index is 1.61. The van der Waals surface area contributed by atoms with Gasteiger partial charge in [0.1, 0.15) is 11.5 Å². The average Bonchev–Trinajstić information content (AvgIpc) is 3.40. The molecule has 8 heteroatoms. The third kappa shape index (κ3) is 3.68. The predicted molar refractivity (Wildman–Crippen MR) is 103 cm³/mol. The van der Waals surface area contributed by atoms with Gasteiger partial charge in [0.2, 0.25) is 10.0 Å². The molecule has 0 aliphatic carbocycles. The summed E-state index contributed by atoms with van der Waals surface area (Å²) in [6, 6.07) is 12.3. The van der Waals surface area contributed by atoms with Crippen molar-refractivity contribution in [3.63, 3.8) is 0 Å². The van der Waals surface area contributed by atoms with Crippen molar-refractivity contribution in [1.29, 1.82) is 0 Å². The van der Waals surface area contributed by atoms with Crippen LogP contribution in [0.25, 0.3) is 0 Å². The lowest BCUT2D eigenvalue weighted by molar-refractivity contribution is 0.0705. The highest BCUT2D eigenvalue weighted by Crippen LogP contribution is 2.31. The third-order valence-corrected chi connectivity index (χ3v) is 5.90. The molecule has 0 fully saturated rings. The van der Waals surface area contributed by atoms with E-state index in [1.807, 2.05) is 12.1 Å². The standard InChI is InChI=1S/C20H20N2O5S/c1-28(24,25)22-9-8-15-12-16(6-7-19(15)22)20(23)21(13-17-4-2-10-26-17)14-18-5-3-11-27-18/h2-7,10-12H,8-9,13-14H2,1H3. The Hall–Kier alpha value is -3.00. The van der Waals surface area contributed by atoms with E-state index in [-0.39, 0.29) is 5.91 Å². The Morgan fingerprint density at radius 2 is 1.71 bits per heavy atom. The molecular weight excluding hydrogens is 380 g/mol. The number of hydrogen-bond acceptors (Lipinski definition) is 5. The average molecular weight is 400 g/mol. The maximum atomic E-state index is 13.2. The number of anilines is 1. The largest absolute Gasteiger partial charge is 0.467 e. The molecule has 3 aromatic rings. The highest BCUT2D eigenvalue weighted by atomic mass is 32.2. The van der Waals surface area contributed by atoms with Gasteiger partial charge >= 0.3 is 0 Å². The number of carbonyl (C=O) groups excluding carboxylic acids is 1. The Kier molecular flexibility index (Phi) is 4.72. The summed E-state index contributed by atoms with van der Waals surface area (Å²) in [6.45, 7) is 1.01. The van der Waals surface area contributed by atoms with Gasteiger partial charge in [0, 0.05) is 12.1 Å². The fourth-order valence-corrected chi connectivity index (χ4v) is 4.37. The van der Waals surface area contributed by atoms with E-state index in [0.29, 0.717) is 48.8 Å². The van der Waals surface area contributed by atoms with Crippen LogP contribution >= 0.6 is 0 Å². The zero-order chi connectivity index (χ0) is 19.7. The Bertz CT molecular complexity index is 1040. The van der Waals surface area contributed by atoms with Gasteiger partial charge in [-0.3, -0.25) is 9.10 Å². The molecule has 1 aliphatic heterocycles. The monoisotopic (exact) mass is 400 g/mol. The van der Waals surface area contributed by atoms with E-state index in [4.69, 9.17) is 8.83 Å². The summed E-state index contributed by atoms with van der Waals surface area (Å²) in [5.74, 6) is 1.17. The second-order valence-corrected chi connectivity index (χ2v) is 8.66. The van der Waals surface area contributed by atoms with Crippen LogP contribution in [0.1, 0.15) is 27.4 Å². The smallest absolute Gasteiger partial charge is 0.254 e. The number of carbonyl (C=O) groups is 1. The van der Waals surface area contributed by atoms with Crippen molar-refractivity contribution in [3.05, 3.63) is 77.6 Å². The fourth-order valence-electron chi connectivity index (χ4n) is 3.41.